The van der Waals surface area contributed by atoms with Gasteiger partial charge in [-0.15, -0.1) is 0 Å². The fourth-order valence-electron chi connectivity index (χ4n) is 1.11. The topological polar surface area (TPSA) is 57.5 Å². The second-order valence-corrected chi connectivity index (χ2v) is 6.13. The zero-order valence-electron chi connectivity index (χ0n) is 9.40. The van der Waals surface area contributed by atoms with Gasteiger partial charge in [0.1, 0.15) is 0 Å². The first-order chi connectivity index (χ1) is 6.23. The van der Waals surface area contributed by atoms with Crippen LogP contribution in [0.25, 0.3) is 0 Å². The molecular weight excluding hydrogens is 199 g/mol. The second-order valence-electron chi connectivity index (χ2n) is 4.47. The van der Waals surface area contributed by atoms with Crippen LogP contribution in [-0.4, -0.2) is 9.79 Å². The molecule has 3 nitrogen and oxygen atoms in total. The van der Waals surface area contributed by atoms with Crippen molar-refractivity contribution in [1.29, 1.82) is 0 Å². The van der Waals surface area contributed by atoms with Crippen LogP contribution in [0.15, 0.2) is 11.4 Å². The molecule has 0 aliphatic rings. The van der Waals surface area contributed by atoms with E-state index in [1.165, 1.54) is 0 Å². The van der Waals surface area contributed by atoms with E-state index in [0.29, 0.717) is 17.7 Å². The normalized spacial score (nSPS) is 14.1. The largest absolute Gasteiger partial charge is 0.351 e. The summed E-state index contributed by atoms with van der Waals surface area (Å²) < 4.78 is 11.1. The molecule has 0 unspecified atom stereocenters. The summed E-state index contributed by atoms with van der Waals surface area (Å²) in [5.41, 5.74) is 0. The Morgan fingerprint density at radius 1 is 1.21 bits per heavy atom. The summed E-state index contributed by atoms with van der Waals surface area (Å²) in [5, 5.41) is 0.293. The summed E-state index contributed by atoms with van der Waals surface area (Å²) in [6.07, 6.45) is 2.91. The highest BCUT2D eigenvalue weighted by molar-refractivity contribution is 7.56. The second kappa shape index (κ2) is 5.69. The minimum atomic E-state index is -4.02. The lowest BCUT2D eigenvalue weighted by Crippen LogP contribution is -1.95. The Hall–Kier alpha value is -0.110. The SMILES string of the molecule is CC(C)CC=C(CC(C)C)P(=O)(O)O. The van der Waals surface area contributed by atoms with Crippen molar-refractivity contribution in [3.63, 3.8) is 0 Å². The van der Waals surface area contributed by atoms with Gasteiger partial charge in [0, 0.05) is 5.31 Å². The monoisotopic (exact) mass is 220 g/mol. The van der Waals surface area contributed by atoms with Gasteiger partial charge in [0.25, 0.3) is 0 Å². The molecule has 0 rings (SSSR count). The average molecular weight is 220 g/mol. The van der Waals surface area contributed by atoms with Crippen molar-refractivity contribution in [1.82, 2.24) is 0 Å². The van der Waals surface area contributed by atoms with E-state index in [4.69, 9.17) is 9.79 Å². The van der Waals surface area contributed by atoms with Crippen LogP contribution in [0.4, 0.5) is 0 Å². The molecule has 4 heteroatoms. The Balaban J connectivity index is 4.56. The van der Waals surface area contributed by atoms with Gasteiger partial charge in [0.05, 0.1) is 0 Å². The minimum absolute atomic E-state index is 0.279. The highest BCUT2D eigenvalue weighted by Gasteiger charge is 2.21. The smallest absolute Gasteiger partial charge is 0.321 e. The molecule has 0 heterocycles. The minimum Gasteiger partial charge on any atom is -0.321 e. The Kier molecular flexibility index (Phi) is 5.65. The lowest BCUT2D eigenvalue weighted by Gasteiger charge is -2.12. The number of hydrogen-bond donors (Lipinski definition) is 2. The van der Waals surface area contributed by atoms with Crippen molar-refractivity contribution in [2.75, 3.05) is 0 Å². The van der Waals surface area contributed by atoms with Gasteiger partial charge in [-0.25, -0.2) is 0 Å². The van der Waals surface area contributed by atoms with Gasteiger partial charge in [-0.1, -0.05) is 33.8 Å². The quantitative estimate of drug-likeness (QED) is 0.700. The van der Waals surface area contributed by atoms with E-state index in [9.17, 15) is 4.57 Å². The van der Waals surface area contributed by atoms with Gasteiger partial charge in [-0.3, -0.25) is 4.57 Å². The summed E-state index contributed by atoms with van der Waals surface area (Å²) in [4.78, 5) is 18.2. The first kappa shape index (κ1) is 13.9. The third-order valence-electron chi connectivity index (χ3n) is 1.82. The molecule has 84 valence electrons. The molecule has 0 aromatic rings. The third-order valence-corrected chi connectivity index (χ3v) is 2.93. The van der Waals surface area contributed by atoms with Crippen molar-refractivity contribution in [3.8, 4) is 0 Å². The van der Waals surface area contributed by atoms with E-state index in [0.717, 1.165) is 6.42 Å². The zero-order chi connectivity index (χ0) is 11.4. The zero-order valence-corrected chi connectivity index (χ0v) is 10.3. The van der Waals surface area contributed by atoms with E-state index in [2.05, 4.69) is 0 Å². The molecule has 0 saturated carbocycles. The Labute approximate surface area is 86.4 Å². The fourth-order valence-corrected chi connectivity index (χ4v) is 2.06. The molecule has 0 aliphatic carbocycles. The Morgan fingerprint density at radius 3 is 2.00 bits per heavy atom. The molecule has 0 aliphatic heterocycles. The first-order valence-electron chi connectivity index (χ1n) is 4.98. The average Bonchev–Trinajstić information content (AvgIpc) is 1.94. The Bertz CT molecular complexity index is 238. The maximum Gasteiger partial charge on any atom is 0.351 e. The number of hydrogen-bond acceptors (Lipinski definition) is 1. The molecule has 0 aromatic carbocycles. The summed E-state index contributed by atoms with van der Waals surface area (Å²) in [5.74, 6) is 0.713. The third kappa shape index (κ3) is 6.36. The maximum atomic E-state index is 11.1. The van der Waals surface area contributed by atoms with E-state index < -0.39 is 7.60 Å². The van der Waals surface area contributed by atoms with E-state index >= 15 is 0 Å². The van der Waals surface area contributed by atoms with Crippen LogP contribution in [0.2, 0.25) is 0 Å². The molecule has 0 saturated heterocycles. The number of allylic oxidation sites excluding steroid dienone is 2. The molecule has 0 fully saturated rings. The van der Waals surface area contributed by atoms with Gasteiger partial charge >= 0.3 is 7.60 Å². The first-order valence-corrected chi connectivity index (χ1v) is 6.59. The molecule has 0 atom stereocenters. The summed E-state index contributed by atoms with van der Waals surface area (Å²) >= 11 is 0. The van der Waals surface area contributed by atoms with Gasteiger partial charge in [-0.2, -0.15) is 0 Å². The van der Waals surface area contributed by atoms with E-state index in [-0.39, 0.29) is 5.92 Å². The molecule has 2 N–H and O–H groups in total. The molecule has 0 bridgehead atoms. The fraction of sp³-hybridized carbons (Fsp3) is 0.800. The van der Waals surface area contributed by atoms with Gasteiger partial charge in [-0.05, 0) is 24.7 Å². The lowest BCUT2D eigenvalue weighted by molar-refractivity contribution is 0.378. The van der Waals surface area contributed by atoms with E-state index in [1.807, 2.05) is 27.7 Å². The van der Waals surface area contributed by atoms with Crippen molar-refractivity contribution < 1.29 is 14.4 Å². The molecule has 0 aromatic heterocycles. The standard InChI is InChI=1S/C10H21O3P/c1-8(2)5-6-10(7-9(3)4)14(11,12)13/h6,8-9H,5,7H2,1-4H3,(H2,11,12,13). The molecular formula is C10H21O3P. The van der Waals surface area contributed by atoms with Crippen LogP contribution in [-0.2, 0) is 4.57 Å². The van der Waals surface area contributed by atoms with Crippen LogP contribution in [0.3, 0.4) is 0 Å². The predicted octanol–water partition coefficient (Wildman–Crippen LogP) is 3.14. The molecule has 14 heavy (non-hydrogen) atoms. The van der Waals surface area contributed by atoms with Crippen molar-refractivity contribution >= 4 is 7.60 Å². The van der Waals surface area contributed by atoms with Gasteiger partial charge in [0.2, 0.25) is 0 Å². The number of rotatable bonds is 5. The van der Waals surface area contributed by atoms with Crippen molar-refractivity contribution in [3.05, 3.63) is 11.4 Å². The highest BCUT2D eigenvalue weighted by atomic mass is 31.2. The van der Waals surface area contributed by atoms with Crippen molar-refractivity contribution in [2.45, 2.75) is 40.5 Å². The summed E-state index contributed by atoms with van der Waals surface area (Å²) in [7, 11) is -4.02. The van der Waals surface area contributed by atoms with Crippen LogP contribution in [0.1, 0.15) is 40.5 Å². The summed E-state index contributed by atoms with van der Waals surface area (Å²) in [6, 6.07) is 0. The summed E-state index contributed by atoms with van der Waals surface area (Å²) in [6.45, 7) is 7.98. The highest BCUT2D eigenvalue weighted by Crippen LogP contribution is 2.48. The lowest BCUT2D eigenvalue weighted by atomic mass is 10.1. The van der Waals surface area contributed by atoms with Crippen LogP contribution >= 0.6 is 7.60 Å². The van der Waals surface area contributed by atoms with Crippen LogP contribution in [0.5, 0.6) is 0 Å². The Morgan fingerprint density at radius 2 is 1.71 bits per heavy atom. The molecule has 0 radical (unpaired) electrons. The molecule has 0 amide bonds. The van der Waals surface area contributed by atoms with Gasteiger partial charge in [0.15, 0.2) is 0 Å². The van der Waals surface area contributed by atoms with E-state index in [1.54, 1.807) is 6.08 Å². The maximum absolute atomic E-state index is 11.1. The predicted molar refractivity (Wildman–Crippen MR) is 59.0 cm³/mol. The van der Waals surface area contributed by atoms with Crippen molar-refractivity contribution in [2.24, 2.45) is 11.8 Å². The molecule has 0 spiro atoms. The van der Waals surface area contributed by atoms with Gasteiger partial charge < -0.3 is 9.79 Å². The van der Waals surface area contributed by atoms with Crippen LogP contribution in [0, 0.1) is 11.8 Å². The van der Waals surface area contributed by atoms with Crippen LogP contribution < -0.4 is 0 Å².